The molecule has 1 aliphatic rings. The molecule has 3 rings (SSSR count). The van der Waals surface area contributed by atoms with Crippen molar-refractivity contribution >= 4 is 17.5 Å². The van der Waals surface area contributed by atoms with Gasteiger partial charge in [-0.25, -0.2) is 23.5 Å². The molecule has 2 amide bonds. The lowest BCUT2D eigenvalue weighted by Crippen LogP contribution is -2.44. The molecule has 0 aliphatic carbocycles. The highest BCUT2D eigenvalue weighted by Gasteiger charge is 2.16. The summed E-state index contributed by atoms with van der Waals surface area (Å²) in [6.07, 6.45) is 1.45. The largest absolute Gasteiger partial charge is 0.476 e. The fourth-order valence-corrected chi connectivity index (χ4v) is 2.69. The van der Waals surface area contributed by atoms with Crippen LogP contribution in [0.4, 0.5) is 25.1 Å². The van der Waals surface area contributed by atoms with Gasteiger partial charge in [-0.2, -0.15) is 0 Å². The molecule has 1 aromatic carbocycles. The second kappa shape index (κ2) is 9.27. The number of piperazine rings is 1. The standard InChI is InChI=1S/C18H22F2N6O2/c1-25-5-7-26(8-6-25)16-11-17(23-12-22-16)28-9-4-21-18(27)24-13-2-3-14(19)15(20)10-13/h2-3,10-12H,4-9H2,1H3,(H2,21,24,27). The summed E-state index contributed by atoms with van der Waals surface area (Å²) in [5, 5.41) is 4.98. The molecule has 0 saturated carbocycles. The van der Waals surface area contributed by atoms with E-state index in [0.29, 0.717) is 5.88 Å². The van der Waals surface area contributed by atoms with Gasteiger partial charge in [-0.05, 0) is 19.2 Å². The van der Waals surface area contributed by atoms with Crippen molar-refractivity contribution in [3.8, 4) is 5.88 Å². The van der Waals surface area contributed by atoms with Crippen molar-refractivity contribution in [2.24, 2.45) is 0 Å². The fourth-order valence-electron chi connectivity index (χ4n) is 2.69. The summed E-state index contributed by atoms with van der Waals surface area (Å²) in [5.41, 5.74) is 0.157. The van der Waals surface area contributed by atoms with Gasteiger partial charge >= 0.3 is 6.03 Å². The van der Waals surface area contributed by atoms with E-state index in [1.165, 1.54) is 12.4 Å². The zero-order valence-corrected chi connectivity index (χ0v) is 15.5. The maximum atomic E-state index is 13.1. The number of aromatic nitrogens is 2. The van der Waals surface area contributed by atoms with Gasteiger partial charge in [-0.3, -0.25) is 0 Å². The molecule has 2 N–H and O–H groups in total. The van der Waals surface area contributed by atoms with Crippen LogP contribution in [0.3, 0.4) is 0 Å². The average molecular weight is 392 g/mol. The molecule has 0 radical (unpaired) electrons. The van der Waals surface area contributed by atoms with Crippen LogP contribution in [0.5, 0.6) is 5.88 Å². The van der Waals surface area contributed by atoms with Crippen molar-refractivity contribution in [1.29, 1.82) is 0 Å². The minimum atomic E-state index is -1.03. The number of rotatable bonds is 6. The number of nitrogens with zero attached hydrogens (tertiary/aromatic N) is 4. The number of carbonyl (C=O) groups excluding carboxylic acids is 1. The molecule has 10 heteroatoms. The van der Waals surface area contributed by atoms with Crippen LogP contribution < -0.4 is 20.3 Å². The van der Waals surface area contributed by atoms with Crippen LogP contribution in [0.15, 0.2) is 30.6 Å². The highest BCUT2D eigenvalue weighted by Crippen LogP contribution is 2.17. The van der Waals surface area contributed by atoms with Gasteiger partial charge in [0.2, 0.25) is 5.88 Å². The van der Waals surface area contributed by atoms with Crippen molar-refractivity contribution in [3.63, 3.8) is 0 Å². The number of halogens is 2. The van der Waals surface area contributed by atoms with Gasteiger partial charge in [0, 0.05) is 44.0 Å². The second-order valence-electron chi connectivity index (χ2n) is 6.36. The molecule has 1 fully saturated rings. The molecule has 0 spiro atoms. The second-order valence-corrected chi connectivity index (χ2v) is 6.36. The Kier molecular flexibility index (Phi) is 6.53. The van der Waals surface area contributed by atoms with Crippen LogP contribution >= 0.6 is 0 Å². The van der Waals surface area contributed by atoms with Crippen molar-refractivity contribution in [2.45, 2.75) is 0 Å². The summed E-state index contributed by atoms with van der Waals surface area (Å²) in [6, 6.07) is 4.35. The minimum absolute atomic E-state index is 0.157. The number of anilines is 2. The van der Waals surface area contributed by atoms with Gasteiger partial charge in [-0.1, -0.05) is 0 Å². The van der Waals surface area contributed by atoms with Gasteiger partial charge in [0.05, 0.1) is 6.54 Å². The Hall–Kier alpha value is -3.01. The molecular weight excluding hydrogens is 370 g/mol. The Balaban J connectivity index is 1.41. The number of hydrogen-bond donors (Lipinski definition) is 2. The van der Waals surface area contributed by atoms with E-state index in [4.69, 9.17) is 4.74 Å². The Bertz CT molecular complexity index is 814. The monoisotopic (exact) mass is 392 g/mol. The Morgan fingerprint density at radius 1 is 1.14 bits per heavy atom. The summed E-state index contributed by atoms with van der Waals surface area (Å²) in [7, 11) is 2.08. The molecule has 2 aromatic rings. The number of likely N-dealkylation sites (N-methyl/N-ethyl adjacent to an activating group) is 1. The molecular formula is C18H22F2N6O2. The molecule has 0 unspecified atom stereocenters. The highest BCUT2D eigenvalue weighted by atomic mass is 19.2. The zero-order chi connectivity index (χ0) is 19.9. The number of ether oxygens (including phenoxy) is 1. The van der Waals surface area contributed by atoms with E-state index < -0.39 is 17.7 Å². The third kappa shape index (κ3) is 5.49. The molecule has 8 nitrogen and oxygen atoms in total. The summed E-state index contributed by atoms with van der Waals surface area (Å²) in [6.45, 7) is 4.12. The number of carbonyl (C=O) groups is 1. The summed E-state index contributed by atoms with van der Waals surface area (Å²) in [5.74, 6) is -0.768. The fraction of sp³-hybridized carbons (Fsp3) is 0.389. The number of nitrogens with one attached hydrogen (secondary N) is 2. The van der Waals surface area contributed by atoms with Crippen LogP contribution in [-0.2, 0) is 0 Å². The molecule has 0 bridgehead atoms. The molecule has 1 aromatic heterocycles. The third-order valence-electron chi connectivity index (χ3n) is 4.27. The molecule has 150 valence electrons. The lowest BCUT2D eigenvalue weighted by molar-refractivity contribution is 0.246. The van der Waals surface area contributed by atoms with E-state index >= 15 is 0 Å². The smallest absolute Gasteiger partial charge is 0.319 e. The van der Waals surface area contributed by atoms with Crippen LogP contribution in [0.1, 0.15) is 0 Å². The SMILES string of the molecule is CN1CCN(c2cc(OCCNC(=O)Nc3ccc(F)c(F)c3)ncn2)CC1. The maximum Gasteiger partial charge on any atom is 0.319 e. The predicted molar refractivity (Wildman–Crippen MR) is 101 cm³/mol. The zero-order valence-electron chi connectivity index (χ0n) is 15.5. The first-order valence-corrected chi connectivity index (χ1v) is 8.89. The first kappa shape index (κ1) is 19.7. The van der Waals surface area contributed by atoms with Gasteiger partial charge in [-0.15, -0.1) is 0 Å². The van der Waals surface area contributed by atoms with E-state index in [1.807, 2.05) is 0 Å². The normalized spacial score (nSPS) is 14.6. The molecule has 1 saturated heterocycles. The first-order chi connectivity index (χ1) is 13.5. The first-order valence-electron chi connectivity index (χ1n) is 8.89. The quantitative estimate of drug-likeness (QED) is 0.729. The highest BCUT2D eigenvalue weighted by molar-refractivity contribution is 5.89. The number of hydrogen-bond acceptors (Lipinski definition) is 6. The third-order valence-corrected chi connectivity index (χ3v) is 4.27. The summed E-state index contributed by atoms with van der Waals surface area (Å²) < 4.78 is 31.6. The van der Waals surface area contributed by atoms with Crippen LogP contribution in [0.25, 0.3) is 0 Å². The molecule has 1 aliphatic heterocycles. The van der Waals surface area contributed by atoms with Crippen LogP contribution in [0, 0.1) is 11.6 Å². The Morgan fingerprint density at radius 2 is 1.93 bits per heavy atom. The Morgan fingerprint density at radius 3 is 2.68 bits per heavy atom. The van der Waals surface area contributed by atoms with Gasteiger partial charge in [0.25, 0.3) is 0 Å². The van der Waals surface area contributed by atoms with Gasteiger partial charge < -0.3 is 25.2 Å². The topological polar surface area (TPSA) is 82.6 Å². The molecule has 0 atom stereocenters. The molecule has 2 heterocycles. The van der Waals surface area contributed by atoms with Crippen molar-refractivity contribution in [3.05, 3.63) is 42.2 Å². The predicted octanol–water partition coefficient (Wildman–Crippen LogP) is 1.71. The van der Waals surface area contributed by atoms with Crippen LogP contribution in [-0.4, -0.2) is 67.3 Å². The average Bonchev–Trinajstić information content (AvgIpc) is 2.69. The minimum Gasteiger partial charge on any atom is -0.476 e. The lowest BCUT2D eigenvalue weighted by Gasteiger charge is -2.33. The number of amides is 2. The van der Waals surface area contributed by atoms with E-state index in [2.05, 4.69) is 37.4 Å². The van der Waals surface area contributed by atoms with Gasteiger partial charge in [0.15, 0.2) is 11.6 Å². The number of urea groups is 1. The lowest BCUT2D eigenvalue weighted by atomic mass is 10.3. The van der Waals surface area contributed by atoms with Crippen molar-refractivity contribution in [1.82, 2.24) is 20.2 Å². The van der Waals surface area contributed by atoms with E-state index in [-0.39, 0.29) is 18.8 Å². The summed E-state index contributed by atoms with van der Waals surface area (Å²) in [4.78, 5) is 24.6. The summed E-state index contributed by atoms with van der Waals surface area (Å²) >= 11 is 0. The van der Waals surface area contributed by atoms with Crippen LogP contribution in [0.2, 0.25) is 0 Å². The number of benzene rings is 1. The van der Waals surface area contributed by atoms with E-state index in [1.54, 1.807) is 6.07 Å². The van der Waals surface area contributed by atoms with Gasteiger partial charge in [0.1, 0.15) is 18.8 Å². The molecule has 28 heavy (non-hydrogen) atoms. The van der Waals surface area contributed by atoms with Crippen molar-refractivity contribution in [2.75, 3.05) is 56.6 Å². The maximum absolute atomic E-state index is 13.1. The van der Waals surface area contributed by atoms with Crippen molar-refractivity contribution < 1.29 is 18.3 Å². The van der Waals surface area contributed by atoms with E-state index in [9.17, 15) is 13.6 Å². The Labute approximate surface area is 161 Å². The van der Waals surface area contributed by atoms with E-state index in [0.717, 1.165) is 44.1 Å².